The van der Waals surface area contributed by atoms with Crippen LogP contribution in [0.5, 0.6) is 0 Å². The number of likely N-dealkylation sites (tertiary alicyclic amines) is 2. The van der Waals surface area contributed by atoms with Gasteiger partial charge in [-0.25, -0.2) is 4.98 Å². The zero-order chi connectivity index (χ0) is 25.7. The van der Waals surface area contributed by atoms with E-state index in [1.165, 1.54) is 0 Å². The van der Waals surface area contributed by atoms with Gasteiger partial charge in [-0.3, -0.25) is 14.4 Å². The molecule has 2 fully saturated rings. The predicted molar refractivity (Wildman–Crippen MR) is 131 cm³/mol. The van der Waals surface area contributed by atoms with Crippen LogP contribution in [0.25, 0.3) is 0 Å². The van der Waals surface area contributed by atoms with Crippen LogP contribution in [-0.2, 0) is 11.0 Å². The average Bonchev–Trinajstić information content (AvgIpc) is 3.13. The van der Waals surface area contributed by atoms with Crippen molar-refractivity contribution in [2.45, 2.75) is 58.2 Å². The summed E-state index contributed by atoms with van der Waals surface area (Å²) in [5.74, 6) is 0.505. The summed E-state index contributed by atoms with van der Waals surface area (Å²) in [6.45, 7) is 8.75. The second kappa shape index (κ2) is 11.4. The molecule has 0 aromatic carbocycles. The van der Waals surface area contributed by atoms with Crippen LogP contribution in [-0.4, -0.2) is 74.7 Å². The maximum absolute atomic E-state index is 13.5. The van der Waals surface area contributed by atoms with Crippen molar-refractivity contribution < 1.29 is 18.0 Å². The highest BCUT2D eigenvalue weighted by molar-refractivity contribution is 5.76. The molecule has 12 heteroatoms. The average molecular weight is 509 g/mol. The van der Waals surface area contributed by atoms with E-state index in [-0.39, 0.29) is 30.3 Å². The molecule has 198 valence electrons. The van der Waals surface area contributed by atoms with Gasteiger partial charge in [0.1, 0.15) is 11.4 Å². The molecule has 36 heavy (non-hydrogen) atoms. The number of amides is 1. The minimum atomic E-state index is -4.58. The number of carbonyl (C=O) groups excluding carboxylic acids is 1. The molecule has 2 N–H and O–H groups in total. The highest BCUT2D eigenvalue weighted by Gasteiger charge is 2.35. The van der Waals surface area contributed by atoms with Gasteiger partial charge in [-0.1, -0.05) is 20.3 Å². The molecule has 4 heterocycles. The van der Waals surface area contributed by atoms with Gasteiger partial charge >= 0.3 is 6.18 Å². The monoisotopic (exact) mass is 508 g/mol. The van der Waals surface area contributed by atoms with Crippen molar-refractivity contribution in [3.63, 3.8) is 0 Å². The van der Waals surface area contributed by atoms with Crippen LogP contribution in [0.3, 0.4) is 0 Å². The maximum atomic E-state index is 13.5. The fourth-order valence-electron chi connectivity index (χ4n) is 4.64. The lowest BCUT2D eigenvalue weighted by Gasteiger charge is -2.40. The van der Waals surface area contributed by atoms with Gasteiger partial charge in [0.25, 0.3) is 0 Å². The molecular formula is C24H35F3N8O. The summed E-state index contributed by atoms with van der Waals surface area (Å²) >= 11 is 0. The van der Waals surface area contributed by atoms with E-state index in [1.54, 1.807) is 11.1 Å². The molecule has 0 radical (unpaired) electrons. The smallest absolute Gasteiger partial charge is 0.369 e. The standard InChI is InChI=1S/C24H35F3N8O/c1-17(2)13-33-15-19(16-33)35-14-18(11-30-35)31-23-29-12-20(24(25,26)27)22(32-23)28-8-6-10-34-9-5-3-4-7-21(34)36/h11-12,14,17,19H,3-10,13,15-16H2,1-2H3,(H2,28,29,31,32). The molecule has 2 aliphatic rings. The van der Waals surface area contributed by atoms with Crippen molar-refractivity contribution in [2.24, 2.45) is 5.92 Å². The predicted octanol–water partition coefficient (Wildman–Crippen LogP) is 4.15. The Balaban J connectivity index is 1.35. The Morgan fingerprint density at radius 2 is 1.97 bits per heavy atom. The van der Waals surface area contributed by atoms with Crippen LogP contribution < -0.4 is 10.6 Å². The van der Waals surface area contributed by atoms with Crippen LogP contribution >= 0.6 is 0 Å². The number of alkyl halides is 3. The normalized spacial score (nSPS) is 17.8. The molecule has 2 aromatic rings. The van der Waals surface area contributed by atoms with Crippen molar-refractivity contribution in [3.8, 4) is 0 Å². The lowest BCUT2D eigenvalue weighted by atomic mass is 10.1. The molecule has 2 aromatic heterocycles. The Hall–Kier alpha value is -2.89. The topological polar surface area (TPSA) is 91.2 Å². The van der Waals surface area contributed by atoms with E-state index in [9.17, 15) is 18.0 Å². The first-order valence-electron chi connectivity index (χ1n) is 12.7. The zero-order valence-corrected chi connectivity index (χ0v) is 20.9. The van der Waals surface area contributed by atoms with E-state index in [1.807, 2.05) is 10.9 Å². The van der Waals surface area contributed by atoms with Crippen molar-refractivity contribution >= 4 is 23.4 Å². The van der Waals surface area contributed by atoms with Crippen molar-refractivity contribution in [1.82, 2.24) is 29.5 Å². The summed E-state index contributed by atoms with van der Waals surface area (Å²) in [5.41, 5.74) is -0.308. The number of hydrogen-bond donors (Lipinski definition) is 2. The van der Waals surface area contributed by atoms with Crippen molar-refractivity contribution in [3.05, 3.63) is 24.2 Å². The maximum Gasteiger partial charge on any atom is 0.421 e. The first kappa shape index (κ1) is 26.2. The minimum absolute atomic E-state index is 0.0581. The van der Waals surface area contributed by atoms with Crippen LogP contribution in [0.15, 0.2) is 18.6 Å². The van der Waals surface area contributed by atoms with Crippen LogP contribution in [0.4, 0.5) is 30.6 Å². The van der Waals surface area contributed by atoms with E-state index >= 15 is 0 Å². The quantitative estimate of drug-likeness (QED) is 0.466. The van der Waals surface area contributed by atoms with Gasteiger partial charge in [0, 0.05) is 58.1 Å². The third kappa shape index (κ3) is 6.86. The third-order valence-corrected chi connectivity index (χ3v) is 6.46. The number of aromatic nitrogens is 4. The molecule has 0 spiro atoms. The van der Waals surface area contributed by atoms with Crippen LogP contribution in [0.2, 0.25) is 0 Å². The second-order valence-corrected chi connectivity index (χ2v) is 10.0. The summed E-state index contributed by atoms with van der Waals surface area (Å²) in [7, 11) is 0. The number of nitrogens with zero attached hydrogens (tertiary/aromatic N) is 6. The van der Waals surface area contributed by atoms with E-state index in [0.717, 1.165) is 45.1 Å². The molecule has 2 saturated heterocycles. The van der Waals surface area contributed by atoms with Crippen molar-refractivity contribution in [1.29, 1.82) is 0 Å². The highest BCUT2D eigenvalue weighted by Crippen LogP contribution is 2.34. The Kier molecular flexibility index (Phi) is 8.32. The van der Waals surface area contributed by atoms with E-state index in [4.69, 9.17) is 0 Å². The van der Waals surface area contributed by atoms with Crippen LogP contribution in [0, 0.1) is 5.92 Å². The summed E-state index contributed by atoms with van der Waals surface area (Å²) in [6.07, 6.45) is 3.61. The number of rotatable bonds is 10. The zero-order valence-electron chi connectivity index (χ0n) is 20.9. The fourth-order valence-corrected chi connectivity index (χ4v) is 4.64. The fraction of sp³-hybridized carbons (Fsp3) is 0.667. The third-order valence-electron chi connectivity index (χ3n) is 6.46. The number of halogens is 3. The molecule has 0 bridgehead atoms. The number of anilines is 3. The lowest BCUT2D eigenvalue weighted by Crippen LogP contribution is -2.49. The minimum Gasteiger partial charge on any atom is -0.369 e. The Morgan fingerprint density at radius 1 is 1.17 bits per heavy atom. The summed E-state index contributed by atoms with van der Waals surface area (Å²) in [5, 5.41) is 10.2. The highest BCUT2D eigenvalue weighted by atomic mass is 19.4. The van der Waals surface area contributed by atoms with Gasteiger partial charge in [0.2, 0.25) is 11.9 Å². The molecule has 0 saturated carbocycles. The van der Waals surface area contributed by atoms with Gasteiger partial charge in [-0.15, -0.1) is 0 Å². The van der Waals surface area contributed by atoms with E-state index < -0.39 is 11.7 Å². The first-order valence-corrected chi connectivity index (χ1v) is 12.7. The molecular weight excluding hydrogens is 473 g/mol. The van der Waals surface area contributed by atoms with Gasteiger partial charge in [0.15, 0.2) is 0 Å². The molecule has 0 unspecified atom stereocenters. The Bertz CT molecular complexity index is 1020. The van der Waals surface area contributed by atoms with Crippen LogP contribution in [0.1, 0.15) is 57.6 Å². The molecule has 2 aliphatic heterocycles. The lowest BCUT2D eigenvalue weighted by molar-refractivity contribution is -0.137. The van der Waals surface area contributed by atoms with Gasteiger partial charge in [-0.05, 0) is 25.2 Å². The van der Waals surface area contributed by atoms with Gasteiger partial charge in [-0.2, -0.15) is 23.3 Å². The largest absolute Gasteiger partial charge is 0.421 e. The Labute approximate surface area is 209 Å². The molecule has 0 aliphatic carbocycles. The van der Waals surface area contributed by atoms with Gasteiger partial charge in [0.05, 0.1) is 17.9 Å². The molecule has 9 nitrogen and oxygen atoms in total. The van der Waals surface area contributed by atoms with Gasteiger partial charge < -0.3 is 15.5 Å². The van der Waals surface area contributed by atoms with Crippen molar-refractivity contribution in [2.75, 3.05) is 49.9 Å². The molecule has 4 rings (SSSR count). The number of hydrogen-bond acceptors (Lipinski definition) is 7. The van der Waals surface area contributed by atoms with E-state index in [2.05, 4.69) is 44.4 Å². The second-order valence-electron chi connectivity index (χ2n) is 10.0. The molecule has 1 amide bonds. The number of nitrogens with one attached hydrogen (secondary N) is 2. The first-order chi connectivity index (χ1) is 17.2. The SMILES string of the molecule is CC(C)CN1CC(n2cc(Nc3ncc(C(F)(F)F)c(NCCCN4CCCCCC4=O)n3)cn2)C1. The summed E-state index contributed by atoms with van der Waals surface area (Å²) < 4.78 is 42.5. The van der Waals surface area contributed by atoms with E-state index in [0.29, 0.717) is 37.5 Å². The molecule has 0 atom stereocenters. The Morgan fingerprint density at radius 3 is 2.72 bits per heavy atom. The number of carbonyl (C=O) groups is 1. The summed E-state index contributed by atoms with van der Waals surface area (Å²) in [4.78, 5) is 24.3. The summed E-state index contributed by atoms with van der Waals surface area (Å²) in [6, 6.07) is 0.279.